The average molecular weight is 583 g/mol. The van der Waals surface area contributed by atoms with Crippen LogP contribution in [0.3, 0.4) is 0 Å². The summed E-state index contributed by atoms with van der Waals surface area (Å²) >= 11 is 0. The summed E-state index contributed by atoms with van der Waals surface area (Å²) in [6.07, 6.45) is -0.0176. The fourth-order valence-corrected chi connectivity index (χ4v) is 4.87. The van der Waals surface area contributed by atoms with Crippen molar-refractivity contribution in [3.8, 4) is 23.0 Å². The molecule has 0 fully saturated rings. The molecule has 0 bridgehead atoms. The van der Waals surface area contributed by atoms with Crippen LogP contribution in [0.15, 0.2) is 48.5 Å². The molecule has 0 saturated heterocycles. The molecule has 13 heteroatoms. The number of nitrogens with one attached hydrogen (secondary N) is 2. The van der Waals surface area contributed by atoms with Crippen LogP contribution in [0.4, 0.5) is 14.6 Å². The van der Waals surface area contributed by atoms with Gasteiger partial charge < -0.3 is 10.4 Å². The van der Waals surface area contributed by atoms with Crippen molar-refractivity contribution >= 4 is 32.8 Å². The lowest BCUT2D eigenvalue weighted by atomic mass is 9.93. The largest absolute Gasteiger partial charge is 0.378 e. The van der Waals surface area contributed by atoms with Gasteiger partial charge in [0.05, 0.1) is 17.3 Å². The lowest BCUT2D eigenvalue weighted by Crippen LogP contribution is -2.29. The van der Waals surface area contributed by atoms with Crippen LogP contribution in [0.1, 0.15) is 43.8 Å². The van der Waals surface area contributed by atoms with E-state index < -0.39 is 39.4 Å². The number of aryl methyl sites for hydroxylation is 1. The summed E-state index contributed by atoms with van der Waals surface area (Å²) < 4.78 is 55.2. The molecule has 0 aliphatic carbocycles. The van der Waals surface area contributed by atoms with Gasteiger partial charge in [-0.25, -0.2) is 18.9 Å². The monoisotopic (exact) mass is 582 g/mol. The molecule has 2 heterocycles. The Balaban J connectivity index is 1.97. The number of carbonyl (C=O) groups is 1. The smallest absolute Gasteiger partial charge is 0.297 e. The van der Waals surface area contributed by atoms with Gasteiger partial charge in [-0.05, 0) is 62.1 Å². The van der Waals surface area contributed by atoms with Crippen LogP contribution in [0.5, 0.6) is 0 Å². The minimum absolute atomic E-state index is 0.0164. The zero-order valence-electron chi connectivity index (χ0n) is 22.7. The third kappa shape index (κ3) is 7.43. The van der Waals surface area contributed by atoms with Crippen molar-refractivity contribution in [3.05, 3.63) is 77.1 Å². The summed E-state index contributed by atoms with van der Waals surface area (Å²) in [4.78, 5) is 17.0. The maximum Gasteiger partial charge on any atom is 0.297 e. The van der Waals surface area contributed by atoms with Gasteiger partial charge in [-0.15, -0.1) is 0 Å². The zero-order chi connectivity index (χ0) is 30.1. The second-order valence-corrected chi connectivity index (χ2v) is 11.3. The van der Waals surface area contributed by atoms with Gasteiger partial charge in [-0.2, -0.15) is 13.5 Å². The molecule has 214 valence electrons. The summed E-state index contributed by atoms with van der Waals surface area (Å²) in [5, 5.41) is 22.8. The molecular formula is C28H28F2N6O4S. The number of rotatable bonds is 7. The molecule has 0 saturated carbocycles. The number of hydrogen-bond donors (Lipinski definition) is 4. The fourth-order valence-electron chi connectivity index (χ4n) is 4.45. The summed E-state index contributed by atoms with van der Waals surface area (Å²) in [7, 11) is -2.49. The minimum atomic E-state index is -4.12. The number of anilines is 1. The Kier molecular flexibility index (Phi) is 8.12. The molecule has 0 aliphatic heterocycles. The van der Waals surface area contributed by atoms with E-state index in [9.17, 15) is 27.1 Å². The maximum absolute atomic E-state index is 14.1. The molecule has 2 aromatic carbocycles. The molecule has 10 nitrogen and oxygen atoms in total. The maximum atomic E-state index is 14.1. The number of pyridine rings is 1. The number of aromatic nitrogens is 3. The molecule has 5 N–H and O–H groups in total. The fraction of sp³-hybridized carbons (Fsp3) is 0.250. The van der Waals surface area contributed by atoms with Gasteiger partial charge >= 0.3 is 0 Å². The van der Waals surface area contributed by atoms with Gasteiger partial charge in [0, 0.05) is 36.6 Å². The highest BCUT2D eigenvalue weighted by Gasteiger charge is 2.24. The number of hydrogen-bond acceptors (Lipinski definition) is 6. The van der Waals surface area contributed by atoms with Crippen LogP contribution in [0, 0.1) is 23.5 Å². The summed E-state index contributed by atoms with van der Waals surface area (Å²) in [6, 6.07) is 10.7. The predicted octanol–water partition coefficient (Wildman–Crippen LogP) is 3.07. The molecule has 0 spiro atoms. The van der Waals surface area contributed by atoms with Gasteiger partial charge in [0.2, 0.25) is 5.91 Å². The van der Waals surface area contributed by atoms with Crippen molar-refractivity contribution in [1.29, 1.82) is 0 Å². The highest BCUT2D eigenvalue weighted by Crippen LogP contribution is 2.36. The molecule has 4 rings (SSSR count). The molecule has 2 aromatic heterocycles. The molecular weight excluding hydrogens is 554 g/mol. The van der Waals surface area contributed by atoms with Crippen LogP contribution < -0.4 is 15.2 Å². The summed E-state index contributed by atoms with van der Waals surface area (Å²) in [5.41, 5.74) is 1.19. The first-order chi connectivity index (χ1) is 19.1. The zero-order valence-corrected chi connectivity index (χ0v) is 23.5. The first kappa shape index (κ1) is 29.6. The number of para-hydroxylation sites is 1. The number of nitrogens with zero attached hydrogens (tertiary/aromatic N) is 3. The highest BCUT2D eigenvalue weighted by molar-refractivity contribution is 7.90. The Labute approximate surface area is 235 Å². The highest BCUT2D eigenvalue weighted by atomic mass is 32.2. The lowest BCUT2D eigenvalue weighted by Gasteiger charge is -2.22. The second kappa shape index (κ2) is 11.2. The number of amides is 1. The predicted molar refractivity (Wildman–Crippen MR) is 150 cm³/mol. The number of benzene rings is 2. The van der Waals surface area contributed by atoms with Gasteiger partial charge in [-0.1, -0.05) is 18.1 Å². The van der Waals surface area contributed by atoms with Crippen LogP contribution in [0.25, 0.3) is 22.0 Å². The van der Waals surface area contributed by atoms with Crippen molar-refractivity contribution in [1.82, 2.24) is 20.1 Å². The normalized spacial score (nSPS) is 12.5. The number of halogens is 2. The van der Waals surface area contributed by atoms with Gasteiger partial charge in [0.1, 0.15) is 22.9 Å². The van der Waals surface area contributed by atoms with E-state index in [1.54, 1.807) is 37.4 Å². The summed E-state index contributed by atoms with van der Waals surface area (Å²) in [5.74, 6) is 3.59. The Morgan fingerprint density at radius 3 is 2.44 bits per heavy atom. The Morgan fingerprint density at radius 2 is 1.83 bits per heavy atom. The van der Waals surface area contributed by atoms with Crippen LogP contribution >= 0.6 is 0 Å². The minimum Gasteiger partial charge on any atom is -0.378 e. The Morgan fingerprint density at radius 1 is 1.15 bits per heavy atom. The Bertz CT molecular complexity index is 1800. The van der Waals surface area contributed by atoms with E-state index in [-0.39, 0.29) is 23.5 Å². The molecule has 0 aliphatic rings. The topological polar surface area (TPSA) is 152 Å². The Hall–Kier alpha value is -4.38. The van der Waals surface area contributed by atoms with Crippen molar-refractivity contribution in [3.63, 3.8) is 0 Å². The third-order valence-electron chi connectivity index (χ3n) is 5.88. The SMILES string of the molecule is CC(=O)N[C@@H](Cc1cc(F)cc(F)c1)c1nc(C#CC(C)(C)O)ccc1-c1cccc2c(NS(N)(=O)=O)nn(C)c12. The van der Waals surface area contributed by atoms with E-state index in [0.717, 1.165) is 6.07 Å². The number of fused-ring (bicyclic) bond motifs is 1. The van der Waals surface area contributed by atoms with E-state index in [4.69, 9.17) is 10.1 Å². The van der Waals surface area contributed by atoms with Gasteiger partial charge in [-0.3, -0.25) is 14.2 Å². The summed E-state index contributed by atoms with van der Waals surface area (Å²) in [6.45, 7) is 4.35. The van der Waals surface area contributed by atoms with E-state index in [2.05, 4.69) is 27.0 Å². The first-order valence-corrected chi connectivity index (χ1v) is 13.9. The molecule has 1 amide bonds. The van der Waals surface area contributed by atoms with E-state index in [1.807, 2.05) is 0 Å². The molecule has 1 atom stereocenters. The third-order valence-corrected chi connectivity index (χ3v) is 6.36. The van der Waals surface area contributed by atoms with Gasteiger partial charge in [0.15, 0.2) is 5.82 Å². The second-order valence-electron chi connectivity index (χ2n) is 9.99. The first-order valence-electron chi connectivity index (χ1n) is 12.3. The number of nitrogens with two attached hydrogens (primary N) is 1. The standard InChI is InChI=1S/C28H28F2N6O4S/c1-16(37)32-24(14-17-12-18(29)15-19(30)13-17)25-21(9-8-20(33-25)10-11-28(2,3)38)22-6-5-7-23-26(22)36(4)34-27(23)35-41(31,39)40/h5-9,12-13,15,24,38H,14H2,1-4H3,(H,32,37)(H,34,35)(H2,31,39,40)/t24-/m0/s1. The van der Waals surface area contributed by atoms with E-state index in [0.29, 0.717) is 27.7 Å². The molecule has 0 radical (unpaired) electrons. The van der Waals surface area contributed by atoms with Crippen molar-refractivity contribution in [2.75, 3.05) is 4.72 Å². The van der Waals surface area contributed by atoms with Crippen LogP contribution in [-0.4, -0.2) is 39.8 Å². The van der Waals surface area contributed by atoms with Crippen LogP contribution in [0.2, 0.25) is 0 Å². The van der Waals surface area contributed by atoms with Crippen molar-refractivity contribution in [2.24, 2.45) is 12.2 Å². The number of carbonyl (C=O) groups excluding carboxylic acids is 1. The van der Waals surface area contributed by atoms with Crippen LogP contribution in [-0.2, 0) is 28.5 Å². The van der Waals surface area contributed by atoms with Gasteiger partial charge in [0.25, 0.3) is 10.2 Å². The van der Waals surface area contributed by atoms with Crippen molar-refractivity contribution in [2.45, 2.75) is 38.8 Å². The number of aliphatic hydroxyl groups is 1. The van der Waals surface area contributed by atoms with E-state index in [1.165, 1.54) is 37.6 Å². The average Bonchev–Trinajstić information content (AvgIpc) is 3.14. The molecule has 0 unspecified atom stereocenters. The molecule has 4 aromatic rings. The lowest BCUT2D eigenvalue weighted by molar-refractivity contribution is -0.119. The van der Waals surface area contributed by atoms with E-state index >= 15 is 0 Å². The van der Waals surface area contributed by atoms with Crippen molar-refractivity contribution < 1.29 is 27.1 Å². The quantitative estimate of drug-likeness (QED) is 0.246. The molecule has 41 heavy (non-hydrogen) atoms.